The first-order valence-corrected chi connectivity index (χ1v) is 8.61. The highest BCUT2D eigenvalue weighted by Gasteiger charge is 2.39. The Balaban J connectivity index is 0.00000208. The molecule has 24 heavy (non-hydrogen) atoms. The molecule has 1 aromatic carbocycles. The van der Waals surface area contributed by atoms with E-state index in [0.29, 0.717) is 12.8 Å². The van der Waals surface area contributed by atoms with E-state index in [9.17, 15) is 4.79 Å². The SMILES string of the molecule is COC1(C(=O)Nc2cccc(-c3csc(C)n3)c2)CCNCC1.Cl. The molecule has 0 bridgehead atoms. The Morgan fingerprint density at radius 2 is 2.12 bits per heavy atom. The maximum absolute atomic E-state index is 12.7. The van der Waals surface area contributed by atoms with Crippen molar-refractivity contribution in [1.82, 2.24) is 10.3 Å². The molecule has 5 nitrogen and oxygen atoms in total. The third-order valence-corrected chi connectivity index (χ3v) is 5.02. The zero-order valence-electron chi connectivity index (χ0n) is 13.8. The highest BCUT2D eigenvalue weighted by Crippen LogP contribution is 2.27. The highest BCUT2D eigenvalue weighted by atomic mass is 35.5. The van der Waals surface area contributed by atoms with E-state index in [4.69, 9.17) is 4.74 Å². The smallest absolute Gasteiger partial charge is 0.256 e. The number of hydrogen-bond acceptors (Lipinski definition) is 5. The molecule has 0 saturated carbocycles. The fourth-order valence-corrected chi connectivity index (χ4v) is 3.47. The minimum Gasteiger partial charge on any atom is -0.368 e. The van der Waals surface area contributed by atoms with Gasteiger partial charge in [-0.3, -0.25) is 4.79 Å². The van der Waals surface area contributed by atoms with E-state index in [1.54, 1.807) is 18.4 Å². The average Bonchev–Trinajstić information content (AvgIpc) is 3.02. The fourth-order valence-electron chi connectivity index (χ4n) is 2.85. The molecule has 0 radical (unpaired) electrons. The van der Waals surface area contributed by atoms with Gasteiger partial charge in [0.05, 0.1) is 10.7 Å². The van der Waals surface area contributed by atoms with Crippen molar-refractivity contribution in [1.29, 1.82) is 0 Å². The number of ether oxygens (including phenoxy) is 1. The average molecular weight is 368 g/mol. The normalized spacial score (nSPS) is 16.2. The van der Waals surface area contributed by atoms with Gasteiger partial charge >= 0.3 is 0 Å². The van der Waals surface area contributed by atoms with Crippen LogP contribution in [0.1, 0.15) is 17.8 Å². The number of amides is 1. The number of thiazole rings is 1. The summed E-state index contributed by atoms with van der Waals surface area (Å²) in [5.41, 5.74) is 1.97. The molecule has 2 heterocycles. The van der Waals surface area contributed by atoms with Crippen molar-refractivity contribution in [2.75, 3.05) is 25.5 Å². The van der Waals surface area contributed by atoms with Crippen molar-refractivity contribution < 1.29 is 9.53 Å². The predicted octanol–water partition coefficient (Wildman–Crippen LogP) is 3.25. The number of benzene rings is 1. The molecular formula is C17H22ClN3O2S. The third-order valence-electron chi connectivity index (χ3n) is 4.25. The summed E-state index contributed by atoms with van der Waals surface area (Å²) < 4.78 is 5.57. The first-order valence-electron chi connectivity index (χ1n) is 7.73. The Labute approximate surface area is 152 Å². The van der Waals surface area contributed by atoms with Gasteiger partial charge in [0.2, 0.25) is 0 Å². The van der Waals surface area contributed by atoms with Gasteiger partial charge in [0, 0.05) is 23.7 Å². The van der Waals surface area contributed by atoms with Gasteiger partial charge in [-0.15, -0.1) is 23.7 Å². The monoisotopic (exact) mass is 367 g/mol. The number of nitrogens with zero attached hydrogens (tertiary/aromatic N) is 1. The number of carbonyl (C=O) groups excluding carboxylic acids is 1. The van der Waals surface area contributed by atoms with Gasteiger partial charge in [-0.2, -0.15) is 0 Å². The summed E-state index contributed by atoms with van der Waals surface area (Å²) in [4.78, 5) is 17.2. The Bertz CT molecular complexity index is 699. The third kappa shape index (κ3) is 3.95. The lowest BCUT2D eigenvalue weighted by atomic mass is 9.91. The summed E-state index contributed by atoms with van der Waals surface area (Å²) in [5.74, 6) is -0.0758. The molecule has 0 atom stereocenters. The number of aryl methyl sites for hydroxylation is 1. The molecule has 1 fully saturated rings. The summed E-state index contributed by atoms with van der Waals surface area (Å²) in [6.45, 7) is 3.57. The molecule has 1 aliphatic rings. The molecule has 1 saturated heterocycles. The summed E-state index contributed by atoms with van der Waals surface area (Å²) in [6, 6.07) is 7.78. The van der Waals surface area contributed by atoms with Crippen LogP contribution in [0.5, 0.6) is 0 Å². The maximum atomic E-state index is 12.7. The standard InChI is InChI=1S/C17H21N3O2S.ClH/c1-12-19-15(11-23-12)13-4-3-5-14(10-13)20-16(21)17(22-2)6-8-18-9-7-17;/h3-5,10-11,18H,6-9H2,1-2H3,(H,20,21);1H. The summed E-state index contributed by atoms with van der Waals surface area (Å²) in [6.07, 6.45) is 1.36. The summed E-state index contributed by atoms with van der Waals surface area (Å²) in [7, 11) is 1.61. The van der Waals surface area contributed by atoms with Gasteiger partial charge in [-0.25, -0.2) is 4.98 Å². The molecule has 1 amide bonds. The molecule has 7 heteroatoms. The minimum absolute atomic E-state index is 0. The number of anilines is 1. The molecule has 2 N–H and O–H groups in total. The van der Waals surface area contributed by atoms with Crippen LogP contribution in [0.2, 0.25) is 0 Å². The lowest BCUT2D eigenvalue weighted by molar-refractivity contribution is -0.140. The number of aromatic nitrogens is 1. The highest BCUT2D eigenvalue weighted by molar-refractivity contribution is 7.09. The second-order valence-electron chi connectivity index (χ2n) is 5.74. The van der Waals surface area contributed by atoms with Crippen molar-refractivity contribution in [3.63, 3.8) is 0 Å². The van der Waals surface area contributed by atoms with Crippen molar-refractivity contribution >= 4 is 35.3 Å². The number of methoxy groups -OCH3 is 1. The lowest BCUT2D eigenvalue weighted by Crippen LogP contribution is -2.51. The van der Waals surface area contributed by atoms with Gasteiger partial charge in [0.15, 0.2) is 0 Å². The number of rotatable bonds is 4. The van der Waals surface area contributed by atoms with Crippen LogP contribution < -0.4 is 10.6 Å². The van der Waals surface area contributed by atoms with Gasteiger partial charge in [0.25, 0.3) is 5.91 Å². The van der Waals surface area contributed by atoms with Gasteiger partial charge in [-0.05, 0) is 45.0 Å². The van der Waals surface area contributed by atoms with Crippen LogP contribution in [0.15, 0.2) is 29.6 Å². The maximum Gasteiger partial charge on any atom is 0.256 e. The lowest BCUT2D eigenvalue weighted by Gasteiger charge is -2.34. The topological polar surface area (TPSA) is 63.2 Å². The Hall–Kier alpha value is -1.47. The number of nitrogens with one attached hydrogen (secondary N) is 2. The molecule has 1 aromatic heterocycles. The fraction of sp³-hybridized carbons (Fsp3) is 0.412. The molecule has 3 rings (SSSR count). The summed E-state index contributed by atoms with van der Waals surface area (Å²) in [5, 5.41) is 9.32. The molecule has 1 aliphatic heterocycles. The van der Waals surface area contributed by atoms with Crippen LogP contribution in [-0.2, 0) is 9.53 Å². The van der Waals surface area contributed by atoms with E-state index in [2.05, 4.69) is 15.6 Å². The zero-order chi connectivity index (χ0) is 16.3. The quantitative estimate of drug-likeness (QED) is 0.870. The van der Waals surface area contributed by atoms with E-state index < -0.39 is 5.60 Å². The van der Waals surface area contributed by atoms with Crippen LogP contribution in [0.4, 0.5) is 5.69 Å². The van der Waals surface area contributed by atoms with E-state index in [0.717, 1.165) is 35.0 Å². The second-order valence-corrected chi connectivity index (χ2v) is 6.80. The largest absolute Gasteiger partial charge is 0.368 e. The molecule has 0 spiro atoms. The van der Waals surface area contributed by atoms with Crippen LogP contribution in [0.25, 0.3) is 11.3 Å². The van der Waals surface area contributed by atoms with E-state index in [1.807, 2.05) is 36.6 Å². The van der Waals surface area contributed by atoms with Gasteiger partial charge in [-0.1, -0.05) is 12.1 Å². The Morgan fingerprint density at radius 1 is 1.38 bits per heavy atom. The Morgan fingerprint density at radius 3 is 2.75 bits per heavy atom. The molecule has 0 unspecified atom stereocenters. The van der Waals surface area contributed by atoms with Crippen molar-refractivity contribution in [2.24, 2.45) is 0 Å². The number of piperidine rings is 1. The number of carbonyl (C=O) groups is 1. The first kappa shape index (κ1) is 18.9. The second kappa shape index (κ2) is 8.07. The van der Waals surface area contributed by atoms with Crippen molar-refractivity contribution in [2.45, 2.75) is 25.4 Å². The molecule has 0 aliphatic carbocycles. The van der Waals surface area contributed by atoms with Crippen molar-refractivity contribution in [3.05, 3.63) is 34.7 Å². The van der Waals surface area contributed by atoms with Crippen LogP contribution >= 0.6 is 23.7 Å². The van der Waals surface area contributed by atoms with Crippen LogP contribution in [-0.4, -0.2) is 36.7 Å². The van der Waals surface area contributed by atoms with Gasteiger partial charge < -0.3 is 15.4 Å². The van der Waals surface area contributed by atoms with E-state index in [1.165, 1.54) is 0 Å². The van der Waals surface area contributed by atoms with Crippen LogP contribution in [0, 0.1) is 6.92 Å². The first-order chi connectivity index (χ1) is 11.1. The Kier molecular flexibility index (Phi) is 6.34. The molecule has 130 valence electrons. The minimum atomic E-state index is -0.738. The van der Waals surface area contributed by atoms with E-state index in [-0.39, 0.29) is 18.3 Å². The molecular weight excluding hydrogens is 346 g/mol. The zero-order valence-corrected chi connectivity index (χ0v) is 15.4. The van der Waals surface area contributed by atoms with Crippen molar-refractivity contribution in [3.8, 4) is 11.3 Å². The number of hydrogen-bond donors (Lipinski definition) is 2. The van der Waals surface area contributed by atoms with Gasteiger partial charge in [0.1, 0.15) is 5.60 Å². The summed E-state index contributed by atoms with van der Waals surface area (Å²) >= 11 is 1.62. The predicted molar refractivity (Wildman–Crippen MR) is 100 cm³/mol. The molecule has 2 aromatic rings. The number of halogens is 1. The van der Waals surface area contributed by atoms with Crippen LogP contribution in [0.3, 0.4) is 0 Å². The van der Waals surface area contributed by atoms with E-state index >= 15 is 0 Å².